The molecule has 2 aromatic heterocycles. The first kappa shape index (κ1) is 21.3. The third-order valence-corrected chi connectivity index (χ3v) is 2.88. The second-order valence-electron chi connectivity index (χ2n) is 4.77. The first-order chi connectivity index (χ1) is 12.9. The summed E-state index contributed by atoms with van der Waals surface area (Å²) in [5.74, 6) is -1.06. The van der Waals surface area contributed by atoms with Gasteiger partial charge in [-0.1, -0.05) is 0 Å². The van der Waals surface area contributed by atoms with E-state index < -0.39 is 18.2 Å². The van der Waals surface area contributed by atoms with Gasteiger partial charge >= 0.3 is 11.9 Å². The van der Waals surface area contributed by atoms with Crippen molar-refractivity contribution in [1.82, 2.24) is 19.1 Å². The SMILES string of the molecule is CC(OC=O)OC(=O)c1nccn1C.Cn1cncc1C(=O)OCOC=O. The molecular formula is C15H18N4O8. The van der Waals surface area contributed by atoms with Gasteiger partial charge in [-0.05, 0) is 0 Å². The van der Waals surface area contributed by atoms with E-state index in [4.69, 9.17) is 4.74 Å². The first-order valence-electron chi connectivity index (χ1n) is 7.36. The van der Waals surface area contributed by atoms with E-state index in [1.807, 2.05) is 0 Å². The summed E-state index contributed by atoms with van der Waals surface area (Å²) < 4.78 is 20.9. The van der Waals surface area contributed by atoms with E-state index in [1.165, 1.54) is 34.8 Å². The molecule has 2 aromatic rings. The number of carbonyl (C=O) groups is 4. The molecule has 0 aliphatic carbocycles. The highest BCUT2D eigenvalue weighted by molar-refractivity contribution is 5.87. The molecule has 0 amide bonds. The standard InChI is InChI=1S/C8H10N2O4.C7H8N2O4/c1-6(13-5-11)14-8(12)7-9-3-4-10(7)2;1-9-3-8-2-6(9)7(11)13-5-12-4-10/h3-6H,1-2H3;2-4H,5H2,1H3. The maximum absolute atomic E-state index is 11.3. The largest absolute Gasteiger partial charge is 0.430 e. The summed E-state index contributed by atoms with van der Waals surface area (Å²) in [6, 6.07) is 0. The zero-order valence-electron chi connectivity index (χ0n) is 14.8. The highest BCUT2D eigenvalue weighted by Crippen LogP contribution is 2.01. The molecular weight excluding hydrogens is 364 g/mol. The van der Waals surface area contributed by atoms with Crippen LogP contribution in [0.5, 0.6) is 0 Å². The van der Waals surface area contributed by atoms with Gasteiger partial charge in [-0.15, -0.1) is 0 Å². The Labute approximate surface area is 153 Å². The lowest BCUT2D eigenvalue weighted by molar-refractivity contribution is -0.149. The van der Waals surface area contributed by atoms with E-state index in [1.54, 1.807) is 20.3 Å². The molecule has 0 saturated carbocycles. The van der Waals surface area contributed by atoms with Crippen molar-refractivity contribution in [2.75, 3.05) is 6.79 Å². The molecule has 2 rings (SSSR count). The van der Waals surface area contributed by atoms with Crippen LogP contribution in [0.4, 0.5) is 0 Å². The summed E-state index contributed by atoms with van der Waals surface area (Å²) in [6.07, 6.45) is 5.01. The van der Waals surface area contributed by atoms with Crippen LogP contribution in [-0.2, 0) is 42.6 Å². The van der Waals surface area contributed by atoms with E-state index in [-0.39, 0.29) is 25.6 Å². The van der Waals surface area contributed by atoms with Crippen LogP contribution in [0.1, 0.15) is 28.0 Å². The van der Waals surface area contributed by atoms with Gasteiger partial charge in [0.1, 0.15) is 5.69 Å². The number of aromatic nitrogens is 4. The smallest absolute Gasteiger partial charge is 0.377 e. The molecule has 12 nitrogen and oxygen atoms in total. The van der Waals surface area contributed by atoms with Crippen molar-refractivity contribution in [3.05, 3.63) is 36.4 Å². The molecule has 0 aromatic carbocycles. The van der Waals surface area contributed by atoms with Crippen LogP contribution in [0.25, 0.3) is 0 Å². The van der Waals surface area contributed by atoms with Gasteiger partial charge in [-0.25, -0.2) is 19.6 Å². The van der Waals surface area contributed by atoms with Gasteiger partial charge in [-0.3, -0.25) is 9.59 Å². The van der Waals surface area contributed by atoms with Gasteiger partial charge in [-0.2, -0.15) is 0 Å². The van der Waals surface area contributed by atoms with E-state index >= 15 is 0 Å². The number of carbonyl (C=O) groups excluding carboxylic acids is 4. The molecule has 1 unspecified atom stereocenters. The monoisotopic (exact) mass is 382 g/mol. The predicted octanol–water partition coefficient (Wildman–Crippen LogP) is -0.197. The fraction of sp³-hybridized carbons (Fsp3) is 0.333. The Hall–Kier alpha value is -3.70. The van der Waals surface area contributed by atoms with Crippen molar-refractivity contribution in [2.45, 2.75) is 13.2 Å². The second-order valence-corrected chi connectivity index (χ2v) is 4.77. The third kappa shape index (κ3) is 6.97. The molecule has 0 spiro atoms. The number of rotatable bonds is 8. The van der Waals surface area contributed by atoms with Crippen molar-refractivity contribution in [1.29, 1.82) is 0 Å². The maximum Gasteiger partial charge on any atom is 0.377 e. The number of hydrogen-bond donors (Lipinski definition) is 0. The highest BCUT2D eigenvalue weighted by Gasteiger charge is 2.16. The Balaban J connectivity index is 0.000000271. The van der Waals surface area contributed by atoms with Gasteiger partial charge in [0.15, 0.2) is 0 Å². The van der Waals surface area contributed by atoms with Gasteiger partial charge < -0.3 is 28.1 Å². The van der Waals surface area contributed by atoms with Crippen LogP contribution in [-0.4, -0.2) is 57.1 Å². The fourth-order valence-corrected chi connectivity index (χ4v) is 1.61. The molecule has 0 saturated heterocycles. The van der Waals surface area contributed by atoms with Crippen molar-refractivity contribution >= 4 is 24.9 Å². The topological polar surface area (TPSA) is 141 Å². The minimum absolute atomic E-state index is 0.159. The van der Waals surface area contributed by atoms with Crippen LogP contribution in [0.15, 0.2) is 24.9 Å². The molecule has 146 valence electrons. The lowest BCUT2D eigenvalue weighted by Gasteiger charge is -2.09. The molecule has 0 radical (unpaired) electrons. The summed E-state index contributed by atoms with van der Waals surface area (Å²) in [6.45, 7) is 1.48. The predicted molar refractivity (Wildman–Crippen MR) is 85.9 cm³/mol. The zero-order valence-corrected chi connectivity index (χ0v) is 14.8. The average molecular weight is 382 g/mol. The van der Waals surface area contributed by atoms with Crippen LogP contribution >= 0.6 is 0 Å². The highest BCUT2D eigenvalue weighted by atomic mass is 16.7. The lowest BCUT2D eigenvalue weighted by Crippen LogP contribution is -2.20. The molecule has 0 bridgehead atoms. The lowest BCUT2D eigenvalue weighted by atomic mass is 10.5. The van der Waals surface area contributed by atoms with E-state index in [0.29, 0.717) is 5.69 Å². The summed E-state index contributed by atoms with van der Waals surface area (Å²) in [4.78, 5) is 49.6. The Morgan fingerprint density at radius 1 is 1.19 bits per heavy atom. The minimum Gasteiger partial charge on any atom is -0.430 e. The number of hydrogen-bond acceptors (Lipinski definition) is 10. The third-order valence-electron chi connectivity index (χ3n) is 2.88. The van der Waals surface area contributed by atoms with E-state index in [2.05, 4.69) is 24.2 Å². The van der Waals surface area contributed by atoms with Crippen molar-refractivity contribution in [2.24, 2.45) is 14.1 Å². The molecule has 2 heterocycles. The number of ether oxygens (including phenoxy) is 4. The molecule has 0 N–H and O–H groups in total. The zero-order chi connectivity index (χ0) is 20.2. The minimum atomic E-state index is -0.906. The van der Waals surface area contributed by atoms with Crippen molar-refractivity contribution in [3.8, 4) is 0 Å². The summed E-state index contributed by atoms with van der Waals surface area (Å²) in [5, 5.41) is 0. The molecule has 0 aliphatic rings. The van der Waals surface area contributed by atoms with Gasteiger partial charge in [0.2, 0.25) is 18.9 Å². The molecule has 0 fully saturated rings. The van der Waals surface area contributed by atoms with Gasteiger partial charge in [0, 0.05) is 33.4 Å². The normalized spacial score (nSPS) is 10.6. The average Bonchev–Trinajstić information content (AvgIpc) is 3.24. The number of esters is 2. The summed E-state index contributed by atoms with van der Waals surface area (Å²) >= 11 is 0. The van der Waals surface area contributed by atoms with Gasteiger partial charge in [0.25, 0.3) is 12.9 Å². The van der Waals surface area contributed by atoms with Crippen LogP contribution in [0, 0.1) is 0 Å². The number of aryl methyl sites for hydroxylation is 2. The Kier molecular flexibility index (Phi) is 8.71. The van der Waals surface area contributed by atoms with Crippen LogP contribution in [0.2, 0.25) is 0 Å². The van der Waals surface area contributed by atoms with Gasteiger partial charge in [0.05, 0.1) is 12.5 Å². The molecule has 1 atom stereocenters. The molecule has 12 heteroatoms. The van der Waals surface area contributed by atoms with Crippen LogP contribution < -0.4 is 0 Å². The Bertz CT molecular complexity index is 769. The first-order valence-corrected chi connectivity index (χ1v) is 7.36. The second kappa shape index (κ2) is 11.0. The van der Waals surface area contributed by atoms with E-state index in [0.717, 1.165) is 0 Å². The Morgan fingerprint density at radius 3 is 2.44 bits per heavy atom. The Morgan fingerprint density at radius 2 is 1.93 bits per heavy atom. The summed E-state index contributed by atoms with van der Waals surface area (Å²) in [7, 11) is 3.32. The molecule has 0 aliphatic heterocycles. The maximum atomic E-state index is 11.3. The number of imidazole rings is 2. The van der Waals surface area contributed by atoms with Crippen LogP contribution in [0.3, 0.4) is 0 Å². The number of nitrogens with zero attached hydrogens (tertiary/aromatic N) is 4. The molecule has 27 heavy (non-hydrogen) atoms. The van der Waals surface area contributed by atoms with E-state index in [9.17, 15) is 19.2 Å². The summed E-state index contributed by atoms with van der Waals surface area (Å²) in [5.41, 5.74) is 0.300. The van der Waals surface area contributed by atoms with Crippen molar-refractivity contribution in [3.63, 3.8) is 0 Å². The quantitative estimate of drug-likeness (QED) is 0.261. The fourth-order valence-electron chi connectivity index (χ4n) is 1.61. The van der Waals surface area contributed by atoms with Crippen molar-refractivity contribution < 1.29 is 38.1 Å².